The van der Waals surface area contributed by atoms with E-state index >= 15 is 0 Å². The Morgan fingerprint density at radius 2 is 1.81 bits per heavy atom. The fourth-order valence-electron chi connectivity index (χ4n) is 3.68. The van der Waals surface area contributed by atoms with E-state index in [-0.39, 0.29) is 23.4 Å². The summed E-state index contributed by atoms with van der Waals surface area (Å²) in [6.45, 7) is 1.78. The number of para-hydroxylation sites is 1. The Kier molecular flexibility index (Phi) is 6.65. The van der Waals surface area contributed by atoms with Crippen molar-refractivity contribution in [1.29, 1.82) is 0 Å². The van der Waals surface area contributed by atoms with Crippen molar-refractivity contribution in [2.75, 3.05) is 15.3 Å². The van der Waals surface area contributed by atoms with E-state index in [4.69, 9.17) is 4.74 Å². The number of esters is 1. The van der Waals surface area contributed by atoms with Crippen LogP contribution >= 0.6 is 0 Å². The number of anilines is 2. The average Bonchev–Trinajstić information content (AvgIpc) is 3.08. The molecule has 188 valence electrons. The summed E-state index contributed by atoms with van der Waals surface area (Å²) >= 11 is 0. The van der Waals surface area contributed by atoms with E-state index in [0.717, 1.165) is 22.3 Å². The Morgan fingerprint density at radius 3 is 2.44 bits per heavy atom. The molecule has 0 atom stereocenters. The van der Waals surface area contributed by atoms with Gasteiger partial charge in [-0.1, -0.05) is 42.5 Å². The van der Waals surface area contributed by atoms with Gasteiger partial charge in [-0.25, -0.2) is 22.2 Å². The van der Waals surface area contributed by atoms with E-state index in [2.05, 4.69) is 4.72 Å². The summed E-state index contributed by atoms with van der Waals surface area (Å²) in [4.78, 5) is 12.8. The third-order valence-electron chi connectivity index (χ3n) is 5.25. The number of hydrogen-bond acceptors (Lipinski definition) is 7. The first-order valence-corrected chi connectivity index (χ1v) is 14.0. The first kappa shape index (κ1) is 25.1. The van der Waals surface area contributed by atoms with Gasteiger partial charge in [-0.15, -0.1) is 0 Å². The Hall–Kier alpha value is -4.03. The lowest BCUT2D eigenvalue weighted by Gasteiger charge is -2.19. The predicted octanol–water partition coefficient (Wildman–Crippen LogP) is 3.19. The standard InChI is InChI=1S/C24H23N3O7S2/c1-16-7-6-10-19(23(16)26-35(2,30)31)13-17-11-12-20(27-15-22(28)25-36(27,32)33)21(14-17)34-24(29)18-8-4-3-5-9-18/h3-12,14-15,25-26,28H,13H2,1-2H3. The Morgan fingerprint density at radius 1 is 1.08 bits per heavy atom. The zero-order valence-electron chi connectivity index (χ0n) is 19.3. The van der Waals surface area contributed by atoms with E-state index in [0.29, 0.717) is 16.8 Å². The van der Waals surface area contributed by atoms with Crippen molar-refractivity contribution in [3.63, 3.8) is 0 Å². The molecule has 3 aromatic rings. The SMILES string of the molecule is Cc1cccc(Cc2ccc(N3C=C(O)NS3(=O)=O)c(OC(=O)c3ccccc3)c2)c1NS(C)(=O)=O. The molecule has 4 rings (SSSR count). The summed E-state index contributed by atoms with van der Waals surface area (Å²) in [5.41, 5.74) is 2.70. The van der Waals surface area contributed by atoms with Crippen LogP contribution in [0.1, 0.15) is 27.0 Å². The zero-order chi connectivity index (χ0) is 26.1. The Balaban J connectivity index is 1.76. The van der Waals surface area contributed by atoms with Crippen molar-refractivity contribution >= 4 is 37.6 Å². The summed E-state index contributed by atoms with van der Waals surface area (Å²) in [6.07, 6.45) is 2.27. The van der Waals surface area contributed by atoms with Crippen molar-refractivity contribution in [1.82, 2.24) is 4.72 Å². The van der Waals surface area contributed by atoms with Crippen molar-refractivity contribution in [2.24, 2.45) is 0 Å². The van der Waals surface area contributed by atoms with Gasteiger partial charge in [-0.2, -0.15) is 8.42 Å². The highest BCUT2D eigenvalue weighted by atomic mass is 32.2. The third-order valence-corrected chi connectivity index (χ3v) is 7.11. The molecule has 3 N–H and O–H groups in total. The molecule has 0 bridgehead atoms. The maximum atomic E-state index is 12.8. The van der Waals surface area contributed by atoms with Gasteiger partial charge in [-0.05, 0) is 54.3 Å². The van der Waals surface area contributed by atoms with Crippen LogP contribution in [-0.4, -0.2) is 34.2 Å². The highest BCUT2D eigenvalue weighted by Crippen LogP contribution is 2.35. The zero-order valence-corrected chi connectivity index (χ0v) is 20.9. The van der Waals surface area contributed by atoms with Gasteiger partial charge in [-0.3, -0.25) is 4.72 Å². The first-order valence-electron chi connectivity index (χ1n) is 10.6. The number of hydrogen-bond donors (Lipinski definition) is 3. The molecule has 36 heavy (non-hydrogen) atoms. The van der Waals surface area contributed by atoms with Crippen molar-refractivity contribution in [2.45, 2.75) is 13.3 Å². The lowest BCUT2D eigenvalue weighted by Crippen LogP contribution is -2.30. The molecule has 1 aliphatic heterocycles. The van der Waals surface area contributed by atoms with E-state index in [1.54, 1.807) is 61.5 Å². The number of carbonyl (C=O) groups is 1. The van der Waals surface area contributed by atoms with Crippen LogP contribution in [0.5, 0.6) is 5.75 Å². The van der Waals surface area contributed by atoms with Crippen LogP contribution in [0, 0.1) is 6.92 Å². The molecular weight excluding hydrogens is 506 g/mol. The topological polar surface area (TPSA) is 142 Å². The second-order valence-corrected chi connectivity index (χ2v) is 11.4. The second-order valence-electron chi connectivity index (χ2n) is 8.13. The molecule has 0 aliphatic carbocycles. The highest BCUT2D eigenvalue weighted by molar-refractivity contribution is 7.92. The number of aliphatic hydroxyl groups excluding tert-OH is 1. The minimum Gasteiger partial charge on any atom is -0.493 e. The fraction of sp³-hybridized carbons (Fsp3) is 0.125. The molecule has 3 aromatic carbocycles. The number of rotatable bonds is 7. The Bertz CT molecular complexity index is 1570. The van der Waals surface area contributed by atoms with Crippen LogP contribution < -0.4 is 18.5 Å². The van der Waals surface area contributed by atoms with Crippen molar-refractivity contribution in [3.05, 3.63) is 101 Å². The smallest absolute Gasteiger partial charge is 0.343 e. The maximum Gasteiger partial charge on any atom is 0.343 e. The van der Waals surface area contributed by atoms with Crippen LogP contribution in [0.3, 0.4) is 0 Å². The number of nitrogens with one attached hydrogen (secondary N) is 2. The fourth-order valence-corrected chi connectivity index (χ4v) is 5.41. The van der Waals surface area contributed by atoms with Crippen LogP contribution in [-0.2, 0) is 26.7 Å². The quantitative estimate of drug-likeness (QED) is 0.315. The first-order chi connectivity index (χ1) is 16.9. The lowest BCUT2D eigenvalue weighted by molar-refractivity contribution is 0.0735. The molecular formula is C24H23N3O7S2. The molecule has 0 saturated heterocycles. The predicted molar refractivity (Wildman–Crippen MR) is 136 cm³/mol. The van der Waals surface area contributed by atoms with E-state index < -0.39 is 32.1 Å². The molecule has 10 nitrogen and oxygen atoms in total. The van der Waals surface area contributed by atoms with Crippen LogP contribution in [0.2, 0.25) is 0 Å². The summed E-state index contributed by atoms with van der Waals surface area (Å²) in [6, 6.07) is 18.1. The highest BCUT2D eigenvalue weighted by Gasteiger charge is 2.31. The summed E-state index contributed by atoms with van der Waals surface area (Å²) in [5.74, 6) is -1.36. The molecule has 1 aliphatic rings. The minimum absolute atomic E-state index is 0.00157. The van der Waals surface area contributed by atoms with Gasteiger partial charge in [0, 0.05) is 0 Å². The molecule has 0 radical (unpaired) electrons. The number of aryl methyl sites for hydroxylation is 1. The summed E-state index contributed by atoms with van der Waals surface area (Å²) in [5, 5.41) is 9.71. The third kappa shape index (κ3) is 5.61. The van der Waals surface area contributed by atoms with Gasteiger partial charge >= 0.3 is 16.2 Å². The second kappa shape index (κ2) is 9.55. The van der Waals surface area contributed by atoms with E-state index in [1.807, 2.05) is 4.72 Å². The number of carbonyl (C=O) groups excluding carboxylic acids is 1. The number of sulfonamides is 1. The minimum atomic E-state index is -4.14. The number of ether oxygens (including phenoxy) is 1. The largest absolute Gasteiger partial charge is 0.493 e. The van der Waals surface area contributed by atoms with Crippen molar-refractivity contribution < 1.29 is 31.5 Å². The van der Waals surface area contributed by atoms with Crippen LogP contribution in [0.4, 0.5) is 11.4 Å². The molecule has 1 heterocycles. The summed E-state index contributed by atoms with van der Waals surface area (Å²) in [7, 11) is -7.68. The van der Waals surface area contributed by atoms with E-state index in [1.165, 1.54) is 12.1 Å². The van der Waals surface area contributed by atoms with Gasteiger partial charge in [0.1, 0.15) is 5.69 Å². The molecule has 0 spiro atoms. The molecule has 0 saturated carbocycles. The van der Waals surface area contributed by atoms with Crippen molar-refractivity contribution in [3.8, 4) is 5.75 Å². The van der Waals surface area contributed by atoms with Gasteiger partial charge in [0.2, 0.25) is 15.9 Å². The monoisotopic (exact) mass is 529 g/mol. The molecule has 0 fully saturated rings. The van der Waals surface area contributed by atoms with Crippen LogP contribution in [0.25, 0.3) is 0 Å². The molecule has 0 unspecified atom stereocenters. The molecule has 0 aromatic heterocycles. The summed E-state index contributed by atoms with van der Waals surface area (Å²) < 4.78 is 59.5. The average molecular weight is 530 g/mol. The van der Waals surface area contributed by atoms with Crippen LogP contribution in [0.15, 0.2) is 78.8 Å². The van der Waals surface area contributed by atoms with Gasteiger partial charge in [0.25, 0.3) is 0 Å². The number of nitrogens with zero attached hydrogens (tertiary/aromatic N) is 1. The number of aliphatic hydroxyl groups is 1. The molecule has 0 amide bonds. The van der Waals surface area contributed by atoms with Gasteiger partial charge < -0.3 is 9.84 Å². The lowest BCUT2D eigenvalue weighted by atomic mass is 10.0. The molecule has 12 heteroatoms. The number of benzene rings is 3. The Labute approximate surface area is 209 Å². The maximum absolute atomic E-state index is 12.8. The normalized spacial score (nSPS) is 14.6. The van der Waals surface area contributed by atoms with Gasteiger partial charge in [0.15, 0.2) is 5.75 Å². The van der Waals surface area contributed by atoms with E-state index in [9.17, 15) is 26.7 Å². The van der Waals surface area contributed by atoms with Gasteiger partial charge in [0.05, 0.1) is 23.7 Å².